The van der Waals surface area contributed by atoms with Gasteiger partial charge in [0.05, 0.1) is 0 Å². The molecule has 0 aromatic carbocycles. The summed E-state index contributed by atoms with van der Waals surface area (Å²) in [5.74, 6) is 3.11. The number of nitrogens with zero attached hydrogens (tertiary/aromatic N) is 8. The summed E-state index contributed by atoms with van der Waals surface area (Å²) in [6.45, 7) is 4.51. The van der Waals surface area contributed by atoms with Crippen LogP contribution in [0.15, 0.2) is 12.1 Å². The fraction of sp³-hybridized carbons (Fsp3) is 0.588. The van der Waals surface area contributed by atoms with Gasteiger partial charge in [0.15, 0.2) is 17.3 Å². The van der Waals surface area contributed by atoms with Crippen molar-refractivity contribution >= 4 is 28.1 Å². The molecule has 5 heterocycles. The van der Waals surface area contributed by atoms with Gasteiger partial charge in [-0.1, -0.05) is 0 Å². The van der Waals surface area contributed by atoms with Crippen molar-refractivity contribution in [3.05, 3.63) is 23.8 Å². The Morgan fingerprint density at radius 3 is 2.70 bits per heavy atom. The maximum atomic E-state index is 5.11. The molecule has 0 aliphatic carbocycles. The van der Waals surface area contributed by atoms with Crippen molar-refractivity contribution in [3.63, 3.8) is 0 Å². The molecule has 2 aliphatic heterocycles. The molecule has 27 heavy (non-hydrogen) atoms. The maximum absolute atomic E-state index is 5.11. The molecule has 0 unspecified atom stereocenters. The van der Waals surface area contributed by atoms with Gasteiger partial charge >= 0.3 is 0 Å². The minimum absolute atomic E-state index is 0.363. The first-order chi connectivity index (χ1) is 13.3. The van der Waals surface area contributed by atoms with Crippen LogP contribution in [-0.4, -0.2) is 62.5 Å². The van der Waals surface area contributed by atoms with Crippen molar-refractivity contribution in [1.29, 1.82) is 0 Å². The van der Waals surface area contributed by atoms with Gasteiger partial charge in [-0.15, -0.1) is 15.3 Å². The van der Waals surface area contributed by atoms with Gasteiger partial charge in [-0.05, 0) is 31.4 Å². The Morgan fingerprint density at radius 1 is 1.11 bits per heavy atom. The minimum Gasteiger partial charge on any atom is -0.377 e. The molecule has 3 aromatic heterocycles. The SMILES string of the molecule is COCc1nsc(N2CCC(c3nnc4ccc(N5CCC5)nn34)CC2)n1. The number of methoxy groups -OCH3 is 1. The molecule has 0 atom stereocenters. The van der Waals surface area contributed by atoms with Gasteiger partial charge in [0.25, 0.3) is 0 Å². The van der Waals surface area contributed by atoms with E-state index in [4.69, 9.17) is 9.84 Å². The standard InChI is InChI=1S/C17H22N8OS/c1-26-11-13-18-17(27-22-13)24-9-5-12(6-10-24)16-20-19-14-3-4-15(21-25(14)16)23-7-2-8-23/h3-4,12H,2,5-11H2,1H3. The van der Waals surface area contributed by atoms with Crippen LogP contribution in [0.4, 0.5) is 10.9 Å². The molecule has 0 saturated carbocycles. The molecule has 0 amide bonds. The Balaban J connectivity index is 1.31. The van der Waals surface area contributed by atoms with E-state index in [1.165, 1.54) is 18.0 Å². The molecule has 142 valence electrons. The summed E-state index contributed by atoms with van der Waals surface area (Å²) in [4.78, 5) is 9.16. The molecule has 0 N–H and O–H groups in total. The summed E-state index contributed by atoms with van der Waals surface area (Å²) in [7, 11) is 1.66. The van der Waals surface area contributed by atoms with Gasteiger partial charge in [0.2, 0.25) is 5.13 Å². The van der Waals surface area contributed by atoms with Crippen molar-refractivity contribution in [2.24, 2.45) is 0 Å². The molecule has 3 aromatic rings. The molecule has 0 bridgehead atoms. The number of rotatable bonds is 5. The van der Waals surface area contributed by atoms with Gasteiger partial charge in [0, 0.05) is 50.7 Å². The molecule has 0 radical (unpaired) electrons. The van der Waals surface area contributed by atoms with E-state index >= 15 is 0 Å². The number of aromatic nitrogens is 6. The fourth-order valence-corrected chi connectivity index (χ4v) is 4.38. The zero-order chi connectivity index (χ0) is 18.2. The van der Waals surface area contributed by atoms with Crippen LogP contribution < -0.4 is 9.80 Å². The lowest BCUT2D eigenvalue weighted by Crippen LogP contribution is -2.38. The van der Waals surface area contributed by atoms with E-state index in [0.29, 0.717) is 12.5 Å². The molecule has 5 rings (SSSR count). The van der Waals surface area contributed by atoms with Crippen LogP contribution >= 0.6 is 11.5 Å². The topological polar surface area (TPSA) is 84.6 Å². The van der Waals surface area contributed by atoms with Gasteiger partial charge in [-0.3, -0.25) is 0 Å². The summed E-state index contributed by atoms with van der Waals surface area (Å²) >= 11 is 1.45. The molecular formula is C17H22N8OS. The minimum atomic E-state index is 0.363. The first-order valence-electron chi connectivity index (χ1n) is 9.35. The quantitative estimate of drug-likeness (QED) is 0.655. The van der Waals surface area contributed by atoms with E-state index in [0.717, 1.165) is 67.3 Å². The fourth-order valence-electron chi connectivity index (χ4n) is 3.65. The Bertz CT molecular complexity index is 928. The Labute approximate surface area is 161 Å². The van der Waals surface area contributed by atoms with E-state index in [-0.39, 0.29) is 0 Å². The summed E-state index contributed by atoms with van der Waals surface area (Å²) in [5.41, 5.74) is 0.824. The monoisotopic (exact) mass is 386 g/mol. The lowest BCUT2D eigenvalue weighted by atomic mass is 9.96. The second kappa shape index (κ2) is 7.01. The van der Waals surface area contributed by atoms with Crippen molar-refractivity contribution in [2.45, 2.75) is 31.8 Å². The average molecular weight is 386 g/mol. The number of fused-ring (bicyclic) bond motifs is 1. The number of anilines is 2. The van der Waals surface area contributed by atoms with Crippen molar-refractivity contribution in [3.8, 4) is 0 Å². The van der Waals surface area contributed by atoms with Crippen molar-refractivity contribution < 1.29 is 4.74 Å². The van der Waals surface area contributed by atoms with E-state index in [2.05, 4.69) is 29.4 Å². The maximum Gasteiger partial charge on any atom is 0.205 e. The van der Waals surface area contributed by atoms with Crippen LogP contribution in [0.2, 0.25) is 0 Å². The molecule has 9 nitrogen and oxygen atoms in total. The summed E-state index contributed by atoms with van der Waals surface area (Å²) in [6, 6.07) is 4.06. The van der Waals surface area contributed by atoms with E-state index in [9.17, 15) is 0 Å². The predicted octanol–water partition coefficient (Wildman–Crippen LogP) is 1.72. The Hall–Kier alpha value is -2.33. The van der Waals surface area contributed by atoms with Crippen molar-refractivity contribution in [1.82, 2.24) is 29.2 Å². The summed E-state index contributed by atoms with van der Waals surface area (Å²) < 4.78 is 11.4. The summed E-state index contributed by atoms with van der Waals surface area (Å²) in [5, 5.41) is 14.6. The number of hydrogen-bond donors (Lipinski definition) is 0. The largest absolute Gasteiger partial charge is 0.377 e. The first kappa shape index (κ1) is 16.8. The third kappa shape index (κ3) is 3.12. The smallest absolute Gasteiger partial charge is 0.205 e. The average Bonchev–Trinajstić information content (AvgIpc) is 3.28. The van der Waals surface area contributed by atoms with Crippen LogP contribution in [-0.2, 0) is 11.3 Å². The van der Waals surface area contributed by atoms with Crippen LogP contribution in [0.1, 0.15) is 36.8 Å². The molecule has 2 saturated heterocycles. The van der Waals surface area contributed by atoms with Gasteiger partial charge in [0.1, 0.15) is 12.4 Å². The molecule has 2 fully saturated rings. The Kier molecular flexibility index (Phi) is 4.36. The highest BCUT2D eigenvalue weighted by Crippen LogP contribution is 2.30. The zero-order valence-electron chi connectivity index (χ0n) is 15.3. The van der Waals surface area contributed by atoms with E-state index in [1.807, 2.05) is 16.6 Å². The number of piperidine rings is 1. The second-order valence-corrected chi connectivity index (χ2v) is 7.78. The normalized spacial score (nSPS) is 18.3. The molecule has 2 aliphatic rings. The first-order valence-corrected chi connectivity index (χ1v) is 10.1. The van der Waals surface area contributed by atoms with Crippen molar-refractivity contribution in [2.75, 3.05) is 43.1 Å². The van der Waals surface area contributed by atoms with Crippen LogP contribution in [0.3, 0.4) is 0 Å². The highest BCUT2D eigenvalue weighted by molar-refractivity contribution is 7.09. The van der Waals surface area contributed by atoms with Gasteiger partial charge < -0.3 is 14.5 Å². The highest BCUT2D eigenvalue weighted by atomic mass is 32.1. The second-order valence-electron chi connectivity index (χ2n) is 7.05. The Morgan fingerprint density at radius 2 is 1.96 bits per heavy atom. The molecule has 0 spiro atoms. The lowest BCUT2D eigenvalue weighted by Gasteiger charge is -2.32. The summed E-state index contributed by atoms with van der Waals surface area (Å²) in [6.07, 6.45) is 3.26. The molecular weight excluding hydrogens is 364 g/mol. The predicted molar refractivity (Wildman–Crippen MR) is 102 cm³/mol. The van der Waals surface area contributed by atoms with E-state index in [1.54, 1.807) is 7.11 Å². The molecule has 10 heteroatoms. The van der Waals surface area contributed by atoms with Crippen LogP contribution in [0.25, 0.3) is 5.65 Å². The van der Waals surface area contributed by atoms with Gasteiger partial charge in [-0.25, -0.2) is 4.98 Å². The van der Waals surface area contributed by atoms with Crippen LogP contribution in [0.5, 0.6) is 0 Å². The van der Waals surface area contributed by atoms with Crippen LogP contribution in [0, 0.1) is 0 Å². The number of hydrogen-bond acceptors (Lipinski definition) is 9. The van der Waals surface area contributed by atoms with Gasteiger partial charge in [-0.2, -0.15) is 8.89 Å². The zero-order valence-corrected chi connectivity index (χ0v) is 16.1. The highest BCUT2D eigenvalue weighted by Gasteiger charge is 2.27. The third-order valence-electron chi connectivity index (χ3n) is 5.31. The number of ether oxygens (including phenoxy) is 1. The third-order valence-corrected chi connectivity index (χ3v) is 6.13. The lowest BCUT2D eigenvalue weighted by molar-refractivity contribution is 0.179. The van der Waals surface area contributed by atoms with E-state index < -0.39 is 0 Å².